The summed E-state index contributed by atoms with van der Waals surface area (Å²) in [6.45, 7) is 0.356. The first-order valence-electron chi connectivity index (χ1n) is 5.19. The van der Waals surface area contributed by atoms with Crippen LogP contribution in [0.25, 0.3) is 11.5 Å². The number of nitrogen functional groups attached to an aromatic ring is 1. The smallest absolute Gasteiger partial charge is 0.182 e. The van der Waals surface area contributed by atoms with Crippen LogP contribution in [0.15, 0.2) is 24.4 Å². The topological polar surface area (TPSA) is 86.0 Å². The molecule has 18 heavy (non-hydrogen) atoms. The zero-order valence-corrected chi connectivity index (χ0v) is 10.5. The zero-order valence-electron chi connectivity index (χ0n) is 9.72. The summed E-state index contributed by atoms with van der Waals surface area (Å²) in [7, 11) is 1.59. The van der Waals surface area contributed by atoms with Crippen molar-refractivity contribution < 1.29 is 4.74 Å². The number of nitrogens with one attached hydrogen (secondary N) is 1. The van der Waals surface area contributed by atoms with Gasteiger partial charge in [0.15, 0.2) is 5.82 Å². The number of aromatic nitrogens is 3. The van der Waals surface area contributed by atoms with Gasteiger partial charge in [0.1, 0.15) is 11.5 Å². The van der Waals surface area contributed by atoms with Gasteiger partial charge in [-0.05, 0) is 12.1 Å². The lowest BCUT2D eigenvalue weighted by Gasteiger charge is -2.07. The van der Waals surface area contributed by atoms with Gasteiger partial charge in [-0.15, -0.1) is 0 Å². The van der Waals surface area contributed by atoms with Crippen molar-refractivity contribution in [1.82, 2.24) is 15.0 Å². The lowest BCUT2D eigenvalue weighted by molar-refractivity contribution is 0.181. The van der Waals surface area contributed by atoms with E-state index in [1.54, 1.807) is 31.5 Å². The molecule has 0 amide bonds. The fourth-order valence-corrected chi connectivity index (χ4v) is 1.66. The number of pyridine rings is 1. The van der Waals surface area contributed by atoms with Gasteiger partial charge in [0.25, 0.3) is 0 Å². The minimum absolute atomic E-state index is 0.356. The largest absolute Gasteiger partial charge is 0.378 e. The molecule has 2 heterocycles. The van der Waals surface area contributed by atoms with Crippen molar-refractivity contribution in [2.24, 2.45) is 5.84 Å². The lowest BCUT2D eigenvalue weighted by Crippen LogP contribution is -2.11. The summed E-state index contributed by atoms with van der Waals surface area (Å²) < 4.78 is 5.04. The van der Waals surface area contributed by atoms with E-state index in [0.717, 1.165) is 0 Å². The lowest BCUT2D eigenvalue weighted by atomic mass is 10.3. The fraction of sp³-hybridized carbons (Fsp3) is 0.182. The highest BCUT2D eigenvalue weighted by molar-refractivity contribution is 6.32. The van der Waals surface area contributed by atoms with Crippen molar-refractivity contribution in [1.29, 1.82) is 0 Å². The molecule has 0 aliphatic carbocycles. The first-order chi connectivity index (χ1) is 8.74. The Morgan fingerprint density at radius 2 is 2.28 bits per heavy atom. The standard InChI is InChI=1S/C11H12ClN5O/c1-18-6-7-5-9(17-13)16-11(15-7)10-8(12)3-2-4-14-10/h2-5H,6,13H2,1H3,(H,15,16,17). The van der Waals surface area contributed by atoms with E-state index < -0.39 is 0 Å². The molecule has 3 N–H and O–H groups in total. The maximum absolute atomic E-state index is 6.06. The van der Waals surface area contributed by atoms with Gasteiger partial charge in [0.2, 0.25) is 0 Å². The highest BCUT2D eigenvalue weighted by Gasteiger charge is 2.10. The summed E-state index contributed by atoms with van der Waals surface area (Å²) in [4.78, 5) is 12.7. The molecule has 2 aromatic heterocycles. The number of nitrogens with two attached hydrogens (primary N) is 1. The van der Waals surface area contributed by atoms with Gasteiger partial charge in [-0.25, -0.2) is 15.8 Å². The summed E-state index contributed by atoms with van der Waals surface area (Å²) >= 11 is 6.06. The predicted octanol–water partition coefficient (Wildman–Crippen LogP) is 1.62. The Hall–Kier alpha value is -1.76. The second kappa shape index (κ2) is 5.72. The number of hydrogen-bond acceptors (Lipinski definition) is 6. The van der Waals surface area contributed by atoms with Crippen LogP contribution in [-0.4, -0.2) is 22.1 Å². The maximum Gasteiger partial charge on any atom is 0.182 e. The Morgan fingerprint density at radius 3 is 2.94 bits per heavy atom. The molecule has 94 valence electrons. The van der Waals surface area contributed by atoms with Crippen molar-refractivity contribution in [2.45, 2.75) is 6.61 Å². The molecule has 0 atom stereocenters. The molecule has 0 fully saturated rings. The van der Waals surface area contributed by atoms with Crippen molar-refractivity contribution in [2.75, 3.05) is 12.5 Å². The van der Waals surface area contributed by atoms with Crippen LogP contribution in [0.2, 0.25) is 5.02 Å². The first-order valence-corrected chi connectivity index (χ1v) is 5.57. The molecule has 0 spiro atoms. The Morgan fingerprint density at radius 1 is 1.44 bits per heavy atom. The summed E-state index contributed by atoms with van der Waals surface area (Å²) in [5, 5.41) is 0.482. The molecule has 7 heteroatoms. The van der Waals surface area contributed by atoms with Crippen LogP contribution < -0.4 is 11.3 Å². The molecule has 0 unspecified atom stereocenters. The summed E-state index contributed by atoms with van der Waals surface area (Å²) in [5.74, 6) is 6.25. The summed E-state index contributed by atoms with van der Waals surface area (Å²) in [6, 6.07) is 5.17. The summed E-state index contributed by atoms with van der Waals surface area (Å²) in [6.07, 6.45) is 1.63. The number of anilines is 1. The Balaban J connectivity index is 2.50. The van der Waals surface area contributed by atoms with Gasteiger partial charge in [-0.2, -0.15) is 0 Å². The SMILES string of the molecule is COCc1cc(NN)nc(-c2ncccc2Cl)n1. The van der Waals surface area contributed by atoms with Gasteiger partial charge < -0.3 is 10.2 Å². The van der Waals surface area contributed by atoms with Crippen LogP contribution in [0, 0.1) is 0 Å². The molecular weight excluding hydrogens is 254 g/mol. The molecule has 0 saturated heterocycles. The van der Waals surface area contributed by atoms with Crippen molar-refractivity contribution in [3.05, 3.63) is 35.1 Å². The normalized spacial score (nSPS) is 10.4. The number of hydrogen-bond donors (Lipinski definition) is 2. The minimum Gasteiger partial charge on any atom is -0.378 e. The zero-order chi connectivity index (χ0) is 13.0. The fourth-order valence-electron chi connectivity index (χ4n) is 1.45. The minimum atomic E-state index is 0.356. The Kier molecular flexibility index (Phi) is 4.03. The molecular formula is C11H12ClN5O. The Labute approximate surface area is 109 Å². The average molecular weight is 266 g/mol. The average Bonchev–Trinajstić information content (AvgIpc) is 2.39. The van der Waals surface area contributed by atoms with E-state index in [0.29, 0.717) is 34.7 Å². The predicted molar refractivity (Wildman–Crippen MR) is 68.8 cm³/mol. The van der Waals surface area contributed by atoms with Crippen LogP contribution in [0.1, 0.15) is 5.69 Å². The van der Waals surface area contributed by atoms with Gasteiger partial charge >= 0.3 is 0 Å². The van der Waals surface area contributed by atoms with Gasteiger partial charge in [-0.3, -0.25) is 4.98 Å². The number of hydrazine groups is 1. The first kappa shape index (κ1) is 12.7. The number of nitrogens with zero attached hydrogens (tertiary/aromatic N) is 3. The van der Waals surface area contributed by atoms with E-state index in [2.05, 4.69) is 20.4 Å². The third-order valence-electron chi connectivity index (χ3n) is 2.19. The van der Waals surface area contributed by atoms with Crippen LogP contribution in [0.5, 0.6) is 0 Å². The van der Waals surface area contributed by atoms with Gasteiger partial charge in [-0.1, -0.05) is 11.6 Å². The molecule has 0 bridgehead atoms. The van der Waals surface area contributed by atoms with E-state index >= 15 is 0 Å². The van der Waals surface area contributed by atoms with Gasteiger partial charge in [0.05, 0.1) is 17.3 Å². The molecule has 0 aliphatic rings. The van der Waals surface area contributed by atoms with E-state index in [9.17, 15) is 0 Å². The van der Waals surface area contributed by atoms with E-state index in [1.165, 1.54) is 0 Å². The third-order valence-corrected chi connectivity index (χ3v) is 2.49. The second-order valence-electron chi connectivity index (χ2n) is 3.48. The molecule has 2 rings (SSSR count). The van der Waals surface area contributed by atoms with Crippen molar-refractivity contribution in [3.8, 4) is 11.5 Å². The molecule has 6 nitrogen and oxygen atoms in total. The molecule has 0 aliphatic heterocycles. The van der Waals surface area contributed by atoms with Crippen molar-refractivity contribution >= 4 is 17.4 Å². The van der Waals surface area contributed by atoms with E-state index in [1.807, 2.05) is 0 Å². The number of ether oxygens (including phenoxy) is 1. The van der Waals surface area contributed by atoms with E-state index in [4.69, 9.17) is 22.2 Å². The van der Waals surface area contributed by atoms with Gasteiger partial charge in [0, 0.05) is 19.4 Å². The maximum atomic E-state index is 6.06. The molecule has 0 saturated carbocycles. The summed E-state index contributed by atoms with van der Waals surface area (Å²) in [5.41, 5.74) is 3.68. The molecule has 0 aromatic carbocycles. The number of methoxy groups -OCH3 is 1. The highest BCUT2D eigenvalue weighted by Crippen LogP contribution is 2.23. The van der Waals surface area contributed by atoms with Crippen LogP contribution in [-0.2, 0) is 11.3 Å². The third kappa shape index (κ3) is 2.73. The monoisotopic (exact) mass is 265 g/mol. The second-order valence-corrected chi connectivity index (χ2v) is 3.89. The van der Waals surface area contributed by atoms with Crippen molar-refractivity contribution in [3.63, 3.8) is 0 Å². The quantitative estimate of drug-likeness (QED) is 0.645. The van der Waals surface area contributed by atoms with Crippen LogP contribution in [0.4, 0.5) is 5.82 Å². The van der Waals surface area contributed by atoms with Crippen LogP contribution >= 0.6 is 11.6 Å². The van der Waals surface area contributed by atoms with E-state index in [-0.39, 0.29) is 0 Å². The highest BCUT2D eigenvalue weighted by atomic mass is 35.5. The number of rotatable bonds is 4. The molecule has 0 radical (unpaired) electrons. The Bertz CT molecular complexity index is 549. The number of halogens is 1. The van der Waals surface area contributed by atoms with Crippen LogP contribution in [0.3, 0.4) is 0 Å². The molecule has 2 aromatic rings.